The highest BCUT2D eigenvalue weighted by Crippen LogP contribution is 2.20. The normalized spacial score (nSPS) is 16.8. The van der Waals surface area contributed by atoms with Crippen LogP contribution in [0.1, 0.15) is 39.0 Å². The number of amides is 4. The van der Waals surface area contributed by atoms with Crippen LogP contribution in [0, 0.1) is 0 Å². The second-order valence-electron chi connectivity index (χ2n) is 7.85. The van der Waals surface area contributed by atoms with Crippen molar-refractivity contribution >= 4 is 47.3 Å². The summed E-state index contributed by atoms with van der Waals surface area (Å²) in [6, 6.07) is -2.57. The van der Waals surface area contributed by atoms with Crippen molar-refractivity contribution in [3.05, 3.63) is 0 Å². The lowest BCUT2D eigenvalue weighted by Gasteiger charge is -2.29. The van der Waals surface area contributed by atoms with Gasteiger partial charge < -0.3 is 37.4 Å². The van der Waals surface area contributed by atoms with Gasteiger partial charge in [0.15, 0.2) is 5.96 Å². The van der Waals surface area contributed by atoms with Crippen molar-refractivity contribution in [2.45, 2.75) is 57.2 Å². The van der Waals surface area contributed by atoms with Gasteiger partial charge in [0, 0.05) is 20.0 Å². The zero-order valence-corrected chi connectivity index (χ0v) is 20.4. The zero-order chi connectivity index (χ0) is 25.7. The van der Waals surface area contributed by atoms with E-state index in [1.807, 2.05) is 6.26 Å². The first-order valence-electron chi connectivity index (χ1n) is 11.0. The minimum atomic E-state index is -1.22. The predicted octanol–water partition coefficient (Wildman–Crippen LogP) is -2.03. The molecule has 4 amide bonds. The second kappa shape index (κ2) is 15.0. The fraction of sp³-hybridized carbons (Fsp3) is 0.700. The van der Waals surface area contributed by atoms with Crippen molar-refractivity contribution in [2.75, 3.05) is 31.6 Å². The van der Waals surface area contributed by atoms with E-state index in [1.165, 1.54) is 11.8 Å². The molecular weight excluding hydrogens is 466 g/mol. The minimum Gasteiger partial charge on any atom is -0.480 e. The highest BCUT2D eigenvalue weighted by atomic mass is 32.2. The number of guanidine groups is 1. The molecule has 0 bridgehead atoms. The lowest BCUT2D eigenvalue weighted by molar-refractivity contribution is -0.142. The van der Waals surface area contributed by atoms with Gasteiger partial charge in [0.25, 0.3) is 0 Å². The van der Waals surface area contributed by atoms with Crippen LogP contribution in [-0.2, 0) is 24.0 Å². The van der Waals surface area contributed by atoms with E-state index in [4.69, 9.17) is 16.6 Å². The number of carbonyl (C=O) groups is 5. The Bertz CT molecular complexity index is 775. The van der Waals surface area contributed by atoms with Crippen molar-refractivity contribution < 1.29 is 29.1 Å². The van der Waals surface area contributed by atoms with Gasteiger partial charge in [-0.25, -0.2) is 0 Å². The number of aliphatic carboxylic acids is 1. The van der Waals surface area contributed by atoms with E-state index in [0.717, 1.165) is 0 Å². The number of hydrogen-bond acceptors (Lipinski definition) is 7. The number of rotatable bonds is 14. The molecule has 0 aliphatic carbocycles. The van der Waals surface area contributed by atoms with E-state index >= 15 is 0 Å². The Labute approximate surface area is 202 Å². The highest BCUT2D eigenvalue weighted by Gasteiger charge is 2.38. The molecule has 3 atom stereocenters. The molecule has 0 aromatic heterocycles. The van der Waals surface area contributed by atoms with E-state index in [-0.39, 0.29) is 30.7 Å². The van der Waals surface area contributed by atoms with Crippen LogP contribution >= 0.6 is 11.8 Å². The van der Waals surface area contributed by atoms with Gasteiger partial charge in [-0.3, -0.25) is 29.0 Å². The Morgan fingerprint density at radius 3 is 2.44 bits per heavy atom. The van der Waals surface area contributed by atoms with Crippen molar-refractivity contribution in [2.24, 2.45) is 16.5 Å². The molecule has 0 radical (unpaired) electrons. The van der Waals surface area contributed by atoms with E-state index in [0.29, 0.717) is 38.0 Å². The molecule has 14 heteroatoms. The van der Waals surface area contributed by atoms with Crippen LogP contribution in [0.3, 0.4) is 0 Å². The predicted molar refractivity (Wildman–Crippen MR) is 128 cm³/mol. The van der Waals surface area contributed by atoms with Gasteiger partial charge in [-0.2, -0.15) is 11.8 Å². The van der Waals surface area contributed by atoms with Crippen LogP contribution in [0.2, 0.25) is 0 Å². The molecule has 0 aromatic rings. The van der Waals surface area contributed by atoms with Gasteiger partial charge in [-0.05, 0) is 44.1 Å². The lowest BCUT2D eigenvalue weighted by Crippen LogP contribution is -2.56. The van der Waals surface area contributed by atoms with Gasteiger partial charge in [0.2, 0.25) is 23.6 Å². The number of carboxylic acid groups (broad SMARTS) is 1. The van der Waals surface area contributed by atoms with E-state index in [9.17, 15) is 24.0 Å². The van der Waals surface area contributed by atoms with Gasteiger partial charge in [-0.1, -0.05) is 0 Å². The number of likely N-dealkylation sites (tertiary alicyclic amines) is 1. The fourth-order valence-electron chi connectivity index (χ4n) is 3.57. The Hall–Kier alpha value is -3.03. The monoisotopic (exact) mass is 501 g/mol. The molecule has 0 aromatic carbocycles. The zero-order valence-electron chi connectivity index (χ0n) is 19.5. The molecule has 1 rings (SSSR count). The molecule has 34 heavy (non-hydrogen) atoms. The average molecular weight is 502 g/mol. The van der Waals surface area contributed by atoms with Gasteiger partial charge in [0.05, 0.1) is 0 Å². The standard InChI is InChI=1S/C20H35N7O6S/c1-12(28)25-14(7-10-34-2)19(33)27-9-4-6-15(27)18(32)26-13(5-3-8-23-20(21)22)17(31)24-11-16(29)30/h13-15H,3-11H2,1-2H3,(H,24,31)(H,25,28)(H,26,32)(H,29,30)(H4,21,22,23)/t13-,14+,15-/m0/s1. The van der Waals surface area contributed by atoms with Gasteiger partial charge >= 0.3 is 5.97 Å². The summed E-state index contributed by atoms with van der Waals surface area (Å²) < 4.78 is 0. The summed E-state index contributed by atoms with van der Waals surface area (Å²) in [6.45, 7) is 1.31. The van der Waals surface area contributed by atoms with Gasteiger partial charge in [-0.15, -0.1) is 0 Å². The summed E-state index contributed by atoms with van der Waals surface area (Å²) in [5.74, 6) is -2.53. The van der Waals surface area contributed by atoms with Gasteiger partial charge in [0.1, 0.15) is 24.7 Å². The fourth-order valence-corrected chi connectivity index (χ4v) is 4.04. The minimum absolute atomic E-state index is 0.105. The van der Waals surface area contributed by atoms with E-state index in [2.05, 4.69) is 20.9 Å². The quantitative estimate of drug-likeness (QED) is 0.0879. The molecule has 192 valence electrons. The van der Waals surface area contributed by atoms with Crippen LogP contribution in [0.4, 0.5) is 0 Å². The van der Waals surface area contributed by atoms with Crippen molar-refractivity contribution in [3.63, 3.8) is 0 Å². The highest BCUT2D eigenvalue weighted by molar-refractivity contribution is 7.98. The van der Waals surface area contributed by atoms with Crippen LogP contribution in [0.5, 0.6) is 0 Å². The molecule has 0 saturated carbocycles. The number of hydrogen-bond donors (Lipinski definition) is 6. The van der Waals surface area contributed by atoms with Crippen molar-refractivity contribution in [3.8, 4) is 0 Å². The van der Waals surface area contributed by atoms with Crippen LogP contribution in [-0.4, -0.2) is 95.3 Å². The summed E-state index contributed by atoms with van der Waals surface area (Å²) in [5.41, 5.74) is 10.6. The number of thioether (sulfide) groups is 1. The molecule has 1 aliphatic heterocycles. The molecular formula is C20H35N7O6S. The molecule has 0 unspecified atom stereocenters. The molecule has 1 fully saturated rings. The number of nitrogens with zero attached hydrogens (tertiary/aromatic N) is 2. The molecule has 13 nitrogen and oxygen atoms in total. The number of carbonyl (C=O) groups excluding carboxylic acids is 4. The van der Waals surface area contributed by atoms with Crippen LogP contribution < -0.4 is 27.4 Å². The average Bonchev–Trinajstić information content (AvgIpc) is 3.26. The van der Waals surface area contributed by atoms with Crippen LogP contribution in [0.25, 0.3) is 0 Å². The lowest BCUT2D eigenvalue weighted by atomic mass is 10.1. The summed E-state index contributed by atoms with van der Waals surface area (Å²) >= 11 is 1.54. The first-order valence-corrected chi connectivity index (χ1v) is 12.4. The molecule has 1 heterocycles. The Morgan fingerprint density at radius 2 is 1.85 bits per heavy atom. The maximum Gasteiger partial charge on any atom is 0.322 e. The second-order valence-corrected chi connectivity index (χ2v) is 8.83. The topological polar surface area (TPSA) is 209 Å². The third-order valence-corrected chi connectivity index (χ3v) is 5.76. The maximum absolute atomic E-state index is 13.1. The third-order valence-electron chi connectivity index (χ3n) is 5.12. The largest absolute Gasteiger partial charge is 0.480 e. The Balaban J connectivity index is 2.91. The number of nitrogens with one attached hydrogen (secondary N) is 3. The van der Waals surface area contributed by atoms with Crippen molar-refractivity contribution in [1.29, 1.82) is 0 Å². The Kier molecular flexibility index (Phi) is 12.8. The summed E-state index contributed by atoms with van der Waals surface area (Å²) in [7, 11) is 0. The molecule has 1 aliphatic rings. The summed E-state index contributed by atoms with van der Waals surface area (Å²) in [6.07, 6.45) is 3.84. The third kappa shape index (κ3) is 10.3. The first-order chi connectivity index (χ1) is 16.1. The van der Waals surface area contributed by atoms with Crippen molar-refractivity contribution in [1.82, 2.24) is 20.9 Å². The molecule has 0 spiro atoms. The molecule has 1 saturated heterocycles. The first kappa shape index (κ1) is 29.0. The SMILES string of the molecule is CSCC[C@@H](NC(C)=O)C(=O)N1CCC[C@H]1C(=O)N[C@@H](CCCN=C(N)N)C(=O)NCC(=O)O. The summed E-state index contributed by atoms with van der Waals surface area (Å²) in [4.78, 5) is 66.3. The smallest absolute Gasteiger partial charge is 0.322 e. The number of nitrogens with two attached hydrogens (primary N) is 2. The van der Waals surface area contributed by atoms with E-state index < -0.39 is 42.5 Å². The maximum atomic E-state index is 13.1. The van der Waals surface area contributed by atoms with Crippen LogP contribution in [0.15, 0.2) is 4.99 Å². The number of aliphatic imine (C=N–C) groups is 1. The van der Waals surface area contributed by atoms with E-state index in [1.54, 1.807) is 11.8 Å². The summed E-state index contributed by atoms with van der Waals surface area (Å²) in [5, 5.41) is 16.4. The number of carboxylic acids is 1. The Morgan fingerprint density at radius 1 is 1.15 bits per heavy atom. The molecule has 8 N–H and O–H groups in total.